The molecule has 0 aliphatic heterocycles. The molecule has 0 aliphatic carbocycles. The van der Waals surface area contributed by atoms with Gasteiger partial charge in [0, 0.05) is 16.3 Å². The quantitative estimate of drug-likeness (QED) is 0.264. The van der Waals surface area contributed by atoms with Gasteiger partial charge >= 0.3 is 0 Å². The van der Waals surface area contributed by atoms with E-state index >= 15 is 0 Å². The van der Waals surface area contributed by atoms with E-state index in [1.807, 2.05) is 21.6 Å². The maximum absolute atomic E-state index is 5.30. The van der Waals surface area contributed by atoms with Gasteiger partial charge in [0.1, 0.15) is 6.79 Å². The molecule has 0 bridgehead atoms. The highest BCUT2D eigenvalue weighted by Gasteiger charge is 2.17. The molecule has 0 aromatic heterocycles. The Balaban J connectivity index is 3.20. The van der Waals surface area contributed by atoms with Crippen molar-refractivity contribution in [3.05, 3.63) is 0 Å². The first kappa shape index (κ1) is 17.3. The van der Waals surface area contributed by atoms with Crippen LogP contribution in [0.2, 0.25) is 0 Å². The van der Waals surface area contributed by atoms with E-state index in [9.17, 15) is 0 Å². The van der Waals surface area contributed by atoms with Crippen molar-refractivity contribution in [2.24, 2.45) is 0 Å². The normalized spacial score (nSPS) is 12.0. The van der Waals surface area contributed by atoms with Gasteiger partial charge in [-0.2, -0.15) is 25.3 Å². The predicted molar refractivity (Wildman–Crippen MR) is 83.2 cm³/mol. The van der Waals surface area contributed by atoms with Crippen LogP contribution in [0.4, 0.5) is 0 Å². The van der Waals surface area contributed by atoms with Gasteiger partial charge in [0.05, 0.1) is 13.2 Å². The average Bonchev–Trinajstić information content (AvgIpc) is 2.22. The molecule has 0 radical (unpaired) electrons. The van der Waals surface area contributed by atoms with Crippen LogP contribution in [0.5, 0.6) is 0 Å². The van der Waals surface area contributed by atoms with Crippen LogP contribution >= 0.6 is 46.8 Å². The third kappa shape index (κ3) is 11.8. The largest absolute Gasteiger partial charge is 0.355 e. The van der Waals surface area contributed by atoms with Gasteiger partial charge < -0.3 is 9.47 Å². The van der Waals surface area contributed by atoms with Crippen molar-refractivity contribution in [3.63, 3.8) is 0 Å². The Morgan fingerprint density at radius 3 is 2.38 bits per heavy atom. The monoisotopic (exact) mass is 302 g/mol. The summed E-state index contributed by atoms with van der Waals surface area (Å²) in [5.74, 6) is 2.67. The third-order valence-corrected chi connectivity index (χ3v) is 5.43. The molecule has 0 aromatic rings. The number of thiol groups is 2. The molecule has 0 saturated heterocycles. The van der Waals surface area contributed by atoms with E-state index in [0.717, 1.165) is 30.3 Å². The van der Waals surface area contributed by atoms with Crippen molar-refractivity contribution in [1.82, 2.24) is 0 Å². The summed E-state index contributed by atoms with van der Waals surface area (Å²) in [5.41, 5.74) is 0. The lowest BCUT2D eigenvalue weighted by molar-refractivity contribution is -0.0425. The van der Waals surface area contributed by atoms with E-state index < -0.39 is 0 Å². The SMILES string of the molecule is CC(C)(CCS)SSCCOCOCCS. The summed E-state index contributed by atoms with van der Waals surface area (Å²) in [6, 6.07) is 0. The molecule has 0 unspecified atom stereocenters. The minimum absolute atomic E-state index is 0.301. The van der Waals surface area contributed by atoms with E-state index in [0.29, 0.717) is 18.1 Å². The predicted octanol–water partition coefficient (Wildman–Crippen LogP) is 3.39. The highest BCUT2D eigenvalue weighted by atomic mass is 33.1. The lowest BCUT2D eigenvalue weighted by atomic mass is 10.1. The fourth-order valence-corrected chi connectivity index (χ4v) is 4.12. The van der Waals surface area contributed by atoms with Gasteiger partial charge in [-0.3, -0.25) is 0 Å². The Kier molecular flexibility index (Phi) is 12.4. The average molecular weight is 303 g/mol. The highest BCUT2D eigenvalue weighted by molar-refractivity contribution is 8.77. The maximum Gasteiger partial charge on any atom is 0.146 e. The van der Waals surface area contributed by atoms with Gasteiger partial charge in [-0.15, -0.1) is 0 Å². The Hall–Kier alpha value is 1.32. The smallest absolute Gasteiger partial charge is 0.146 e. The molecule has 0 amide bonds. The Morgan fingerprint density at radius 2 is 1.75 bits per heavy atom. The molecular formula is C10H22O2S4. The zero-order valence-electron chi connectivity index (χ0n) is 9.98. The molecule has 2 nitrogen and oxygen atoms in total. The van der Waals surface area contributed by atoms with Crippen LogP contribution in [-0.4, -0.2) is 42.0 Å². The van der Waals surface area contributed by atoms with Gasteiger partial charge in [-0.05, 0) is 26.0 Å². The minimum Gasteiger partial charge on any atom is -0.355 e. The number of rotatable bonds is 11. The summed E-state index contributed by atoms with van der Waals surface area (Å²) in [6.07, 6.45) is 1.12. The summed E-state index contributed by atoms with van der Waals surface area (Å²) in [5, 5.41) is 0. The lowest BCUT2D eigenvalue weighted by Gasteiger charge is -2.21. The van der Waals surface area contributed by atoms with E-state index in [-0.39, 0.29) is 0 Å². The van der Waals surface area contributed by atoms with Gasteiger partial charge in [-0.1, -0.05) is 21.6 Å². The molecule has 0 fully saturated rings. The third-order valence-electron chi connectivity index (χ3n) is 1.71. The Labute approximate surface area is 118 Å². The molecule has 16 heavy (non-hydrogen) atoms. The van der Waals surface area contributed by atoms with Crippen LogP contribution in [-0.2, 0) is 9.47 Å². The Bertz CT molecular complexity index is 156. The molecule has 98 valence electrons. The Morgan fingerprint density at radius 1 is 1.06 bits per heavy atom. The van der Waals surface area contributed by atoms with Crippen molar-refractivity contribution in [2.45, 2.75) is 25.0 Å². The first-order chi connectivity index (χ1) is 7.62. The van der Waals surface area contributed by atoms with Crippen LogP contribution < -0.4 is 0 Å². The van der Waals surface area contributed by atoms with Crippen LogP contribution in [0.1, 0.15) is 20.3 Å². The van der Waals surface area contributed by atoms with Crippen LogP contribution in [0.15, 0.2) is 0 Å². The molecule has 0 heterocycles. The van der Waals surface area contributed by atoms with E-state index in [2.05, 4.69) is 39.1 Å². The second kappa shape index (κ2) is 11.4. The van der Waals surface area contributed by atoms with Gasteiger partial charge in [-0.25, -0.2) is 0 Å². The second-order valence-electron chi connectivity index (χ2n) is 3.80. The topological polar surface area (TPSA) is 18.5 Å². The molecule has 0 aromatic carbocycles. The van der Waals surface area contributed by atoms with Crippen molar-refractivity contribution in [2.75, 3.05) is 37.3 Å². The van der Waals surface area contributed by atoms with Gasteiger partial charge in [0.15, 0.2) is 0 Å². The molecular weight excluding hydrogens is 280 g/mol. The van der Waals surface area contributed by atoms with Crippen molar-refractivity contribution < 1.29 is 9.47 Å². The second-order valence-corrected chi connectivity index (χ2v) is 7.81. The summed E-state index contributed by atoms with van der Waals surface area (Å²) in [6.45, 7) is 6.27. The van der Waals surface area contributed by atoms with Crippen LogP contribution in [0, 0.1) is 0 Å². The number of hydrogen-bond acceptors (Lipinski definition) is 6. The molecule has 0 atom stereocenters. The van der Waals surface area contributed by atoms with E-state index in [1.165, 1.54) is 0 Å². The van der Waals surface area contributed by atoms with Crippen LogP contribution in [0.3, 0.4) is 0 Å². The minimum atomic E-state index is 0.301. The zero-order valence-corrected chi connectivity index (χ0v) is 13.4. The molecule has 6 heteroatoms. The fraction of sp³-hybridized carbons (Fsp3) is 1.00. The summed E-state index contributed by atoms with van der Waals surface area (Å²) in [7, 11) is 3.76. The van der Waals surface area contributed by atoms with E-state index in [4.69, 9.17) is 9.47 Å². The molecule has 0 spiro atoms. The molecule has 0 rings (SSSR count). The first-order valence-corrected chi connectivity index (χ1v) is 8.88. The standard InChI is InChI=1S/C10H22O2S4/c1-10(2,3-6-13)16-15-8-5-12-9-11-4-7-14/h13-14H,3-9H2,1-2H3. The molecule has 0 saturated carbocycles. The summed E-state index contributed by atoms with van der Waals surface area (Å²) >= 11 is 8.29. The van der Waals surface area contributed by atoms with Gasteiger partial charge in [0.25, 0.3) is 0 Å². The molecule has 0 N–H and O–H groups in total. The number of ether oxygens (including phenoxy) is 2. The first-order valence-electron chi connectivity index (χ1n) is 5.30. The van der Waals surface area contributed by atoms with Crippen molar-refractivity contribution in [1.29, 1.82) is 0 Å². The zero-order chi connectivity index (χ0) is 12.3. The lowest BCUT2D eigenvalue weighted by Crippen LogP contribution is -2.14. The maximum atomic E-state index is 5.30. The van der Waals surface area contributed by atoms with E-state index in [1.54, 1.807) is 0 Å². The van der Waals surface area contributed by atoms with Gasteiger partial charge in [0.2, 0.25) is 0 Å². The number of hydrogen-bond donors (Lipinski definition) is 2. The van der Waals surface area contributed by atoms with Crippen molar-refractivity contribution >= 4 is 46.8 Å². The summed E-state index contributed by atoms with van der Waals surface area (Å²) in [4.78, 5) is 0. The fourth-order valence-electron chi connectivity index (χ4n) is 0.846. The van der Waals surface area contributed by atoms with Crippen LogP contribution in [0.25, 0.3) is 0 Å². The van der Waals surface area contributed by atoms with Crippen molar-refractivity contribution in [3.8, 4) is 0 Å². The highest BCUT2D eigenvalue weighted by Crippen LogP contribution is 2.37. The molecule has 0 aliphatic rings. The summed E-state index contributed by atoms with van der Waals surface area (Å²) < 4.78 is 10.7.